The van der Waals surface area contributed by atoms with Crippen molar-refractivity contribution in [3.8, 4) is 0 Å². The highest BCUT2D eigenvalue weighted by molar-refractivity contribution is 7.80. The van der Waals surface area contributed by atoms with Gasteiger partial charge in [0.25, 0.3) is 0 Å². The molecule has 0 amide bonds. The molecule has 1 rings (SSSR count). The SMILES string of the molecule is COCCCN(C)c1cccc(F)c1C(N)=S. The smallest absolute Gasteiger partial charge is 0.135 e. The van der Waals surface area contributed by atoms with Crippen LogP contribution < -0.4 is 10.6 Å². The Morgan fingerprint density at radius 2 is 2.24 bits per heavy atom. The second-order valence-electron chi connectivity index (χ2n) is 3.77. The molecule has 0 aliphatic heterocycles. The molecule has 0 fully saturated rings. The lowest BCUT2D eigenvalue weighted by molar-refractivity contribution is 0.196. The Morgan fingerprint density at radius 3 is 2.82 bits per heavy atom. The minimum Gasteiger partial charge on any atom is -0.389 e. The summed E-state index contributed by atoms with van der Waals surface area (Å²) in [5.74, 6) is -0.381. The number of thiocarbonyl (C=S) groups is 1. The Morgan fingerprint density at radius 1 is 1.53 bits per heavy atom. The molecule has 0 saturated carbocycles. The maximum absolute atomic E-state index is 13.6. The van der Waals surface area contributed by atoms with Crippen LogP contribution >= 0.6 is 12.2 Å². The largest absolute Gasteiger partial charge is 0.389 e. The third-order valence-corrected chi connectivity index (χ3v) is 2.70. The van der Waals surface area contributed by atoms with Crippen molar-refractivity contribution < 1.29 is 9.13 Å². The molecule has 0 saturated heterocycles. The number of benzene rings is 1. The lowest BCUT2D eigenvalue weighted by Gasteiger charge is -2.22. The van der Waals surface area contributed by atoms with Crippen LogP contribution in [0.5, 0.6) is 0 Å². The molecule has 2 N–H and O–H groups in total. The number of methoxy groups -OCH3 is 1. The number of hydrogen-bond acceptors (Lipinski definition) is 3. The van der Waals surface area contributed by atoms with Crippen molar-refractivity contribution >= 4 is 22.9 Å². The number of halogens is 1. The molecule has 3 nitrogen and oxygen atoms in total. The molecule has 0 unspecified atom stereocenters. The van der Waals surface area contributed by atoms with Crippen molar-refractivity contribution in [1.82, 2.24) is 0 Å². The molecule has 0 aliphatic carbocycles. The minimum absolute atomic E-state index is 0.0803. The lowest BCUT2D eigenvalue weighted by atomic mass is 10.1. The number of anilines is 1. The molecule has 0 radical (unpaired) electrons. The van der Waals surface area contributed by atoms with Gasteiger partial charge in [0.2, 0.25) is 0 Å². The zero-order chi connectivity index (χ0) is 12.8. The fourth-order valence-electron chi connectivity index (χ4n) is 1.64. The maximum Gasteiger partial charge on any atom is 0.135 e. The number of hydrogen-bond donors (Lipinski definition) is 1. The second-order valence-corrected chi connectivity index (χ2v) is 4.21. The van der Waals surface area contributed by atoms with E-state index in [1.54, 1.807) is 13.2 Å². The van der Waals surface area contributed by atoms with Gasteiger partial charge in [0.05, 0.1) is 5.56 Å². The molecule has 94 valence electrons. The van der Waals surface area contributed by atoms with Crippen LogP contribution in [0.2, 0.25) is 0 Å². The molecule has 0 heterocycles. The summed E-state index contributed by atoms with van der Waals surface area (Å²) in [6.07, 6.45) is 0.861. The van der Waals surface area contributed by atoms with Gasteiger partial charge in [-0.3, -0.25) is 0 Å². The molecule has 0 atom stereocenters. The lowest BCUT2D eigenvalue weighted by Crippen LogP contribution is -2.24. The summed E-state index contributed by atoms with van der Waals surface area (Å²) in [6, 6.07) is 4.82. The van der Waals surface area contributed by atoms with Crippen LogP contribution in [0.4, 0.5) is 10.1 Å². The first-order chi connectivity index (χ1) is 8.07. The van der Waals surface area contributed by atoms with Gasteiger partial charge in [-0.1, -0.05) is 18.3 Å². The second kappa shape index (κ2) is 6.51. The third-order valence-electron chi connectivity index (χ3n) is 2.49. The number of nitrogens with zero attached hydrogens (tertiary/aromatic N) is 1. The van der Waals surface area contributed by atoms with Crippen LogP contribution in [-0.4, -0.2) is 32.3 Å². The van der Waals surface area contributed by atoms with Gasteiger partial charge in [-0.2, -0.15) is 0 Å². The van der Waals surface area contributed by atoms with E-state index in [1.807, 2.05) is 18.0 Å². The number of ether oxygens (including phenoxy) is 1. The van der Waals surface area contributed by atoms with Crippen LogP contribution in [0.25, 0.3) is 0 Å². The van der Waals surface area contributed by atoms with E-state index in [4.69, 9.17) is 22.7 Å². The molecule has 1 aromatic rings. The molecule has 1 aromatic carbocycles. The van der Waals surface area contributed by atoms with Crippen molar-refractivity contribution in [2.24, 2.45) is 5.73 Å². The Balaban J connectivity index is 2.89. The van der Waals surface area contributed by atoms with Crippen molar-refractivity contribution in [2.75, 3.05) is 32.2 Å². The molecular formula is C12H17FN2OS. The van der Waals surface area contributed by atoms with E-state index in [1.165, 1.54) is 6.07 Å². The van der Waals surface area contributed by atoms with Crippen LogP contribution in [-0.2, 0) is 4.74 Å². The Kier molecular flexibility index (Phi) is 5.31. The summed E-state index contributed by atoms with van der Waals surface area (Å²) in [7, 11) is 3.54. The molecule has 17 heavy (non-hydrogen) atoms. The molecular weight excluding hydrogens is 239 g/mol. The molecule has 0 bridgehead atoms. The summed E-state index contributed by atoms with van der Waals surface area (Å²) >= 11 is 4.88. The van der Waals surface area contributed by atoms with Gasteiger partial charge in [0.15, 0.2) is 0 Å². The summed E-state index contributed by atoms with van der Waals surface area (Å²) in [5.41, 5.74) is 6.57. The van der Waals surface area contributed by atoms with Gasteiger partial charge in [0, 0.05) is 33.0 Å². The highest BCUT2D eigenvalue weighted by Crippen LogP contribution is 2.22. The Labute approximate surface area is 106 Å². The van der Waals surface area contributed by atoms with Crippen molar-refractivity contribution in [2.45, 2.75) is 6.42 Å². The van der Waals surface area contributed by atoms with E-state index in [-0.39, 0.29) is 10.8 Å². The average Bonchev–Trinajstić information content (AvgIpc) is 2.28. The summed E-state index contributed by atoms with van der Waals surface area (Å²) < 4.78 is 18.6. The first kappa shape index (κ1) is 13.9. The monoisotopic (exact) mass is 256 g/mol. The van der Waals surface area contributed by atoms with Gasteiger partial charge in [0.1, 0.15) is 10.8 Å². The average molecular weight is 256 g/mol. The zero-order valence-electron chi connectivity index (χ0n) is 10.1. The van der Waals surface area contributed by atoms with Gasteiger partial charge >= 0.3 is 0 Å². The normalized spacial score (nSPS) is 10.3. The number of nitrogens with two attached hydrogens (primary N) is 1. The third kappa shape index (κ3) is 3.64. The van der Waals surface area contributed by atoms with E-state index >= 15 is 0 Å². The highest BCUT2D eigenvalue weighted by atomic mass is 32.1. The van der Waals surface area contributed by atoms with Crippen LogP contribution in [0.1, 0.15) is 12.0 Å². The quantitative estimate of drug-likeness (QED) is 0.623. The molecule has 0 spiro atoms. The van der Waals surface area contributed by atoms with Gasteiger partial charge < -0.3 is 15.4 Å². The zero-order valence-corrected chi connectivity index (χ0v) is 10.9. The predicted octanol–water partition coefficient (Wildman–Crippen LogP) is 1.93. The minimum atomic E-state index is -0.381. The molecule has 0 aromatic heterocycles. The van der Waals surface area contributed by atoms with Gasteiger partial charge in [-0.15, -0.1) is 0 Å². The standard InChI is InChI=1S/C12H17FN2OS/c1-15(7-4-8-16-2)10-6-3-5-9(13)11(10)12(14)17/h3,5-6H,4,7-8H2,1-2H3,(H2,14,17). The Hall–Kier alpha value is -1.20. The molecule has 5 heteroatoms. The van der Waals surface area contributed by atoms with Crippen LogP contribution in [0.3, 0.4) is 0 Å². The summed E-state index contributed by atoms with van der Waals surface area (Å²) in [4.78, 5) is 2.01. The summed E-state index contributed by atoms with van der Waals surface area (Å²) in [6.45, 7) is 1.43. The fraction of sp³-hybridized carbons (Fsp3) is 0.417. The maximum atomic E-state index is 13.6. The van der Waals surface area contributed by atoms with Crippen LogP contribution in [0.15, 0.2) is 18.2 Å². The van der Waals surface area contributed by atoms with Gasteiger partial charge in [-0.05, 0) is 18.6 Å². The number of rotatable bonds is 6. The fourth-order valence-corrected chi connectivity index (χ4v) is 1.84. The van der Waals surface area contributed by atoms with Gasteiger partial charge in [-0.25, -0.2) is 4.39 Å². The van der Waals surface area contributed by atoms with Crippen molar-refractivity contribution in [3.05, 3.63) is 29.6 Å². The predicted molar refractivity (Wildman–Crippen MR) is 72.1 cm³/mol. The van der Waals surface area contributed by atoms with E-state index in [0.29, 0.717) is 17.9 Å². The summed E-state index contributed by atoms with van der Waals surface area (Å²) in [5, 5.41) is 0. The van der Waals surface area contributed by atoms with E-state index in [0.717, 1.165) is 13.0 Å². The first-order valence-corrected chi connectivity index (χ1v) is 5.77. The van der Waals surface area contributed by atoms with E-state index in [9.17, 15) is 4.39 Å². The highest BCUT2D eigenvalue weighted by Gasteiger charge is 2.13. The van der Waals surface area contributed by atoms with Crippen molar-refractivity contribution in [1.29, 1.82) is 0 Å². The Bertz CT molecular complexity index is 398. The van der Waals surface area contributed by atoms with E-state index < -0.39 is 0 Å². The van der Waals surface area contributed by atoms with Crippen molar-refractivity contribution in [3.63, 3.8) is 0 Å². The first-order valence-electron chi connectivity index (χ1n) is 5.36. The van der Waals surface area contributed by atoms with Crippen LogP contribution in [0, 0.1) is 5.82 Å². The van der Waals surface area contributed by atoms with E-state index in [2.05, 4.69) is 0 Å². The topological polar surface area (TPSA) is 38.5 Å². The molecule has 0 aliphatic rings.